The van der Waals surface area contributed by atoms with Gasteiger partial charge >= 0.3 is 0 Å². The molecule has 21 heavy (non-hydrogen) atoms. The summed E-state index contributed by atoms with van der Waals surface area (Å²) in [6, 6.07) is 6.78. The molecular formula is C14H6F4O3. The first-order valence-corrected chi connectivity index (χ1v) is 5.55. The third kappa shape index (κ3) is 2.37. The number of carbonyl (C=O) groups excluding carboxylic acids is 2. The second kappa shape index (κ2) is 5.35. The zero-order valence-electron chi connectivity index (χ0n) is 10.2. The van der Waals surface area contributed by atoms with E-state index in [1.807, 2.05) is 0 Å². The van der Waals surface area contributed by atoms with Gasteiger partial charge in [-0.3, -0.25) is 9.59 Å². The van der Waals surface area contributed by atoms with Crippen molar-refractivity contribution < 1.29 is 32.3 Å². The number of Topliss-reactive ketones (excluding diaryl/α,β-unsaturated/α-hetero) is 2. The average Bonchev–Trinajstić information content (AvgIpc) is 2.51. The molecule has 0 saturated heterocycles. The Balaban J connectivity index is 2.58. The maximum Gasteiger partial charge on any atom is 0.240 e. The van der Waals surface area contributed by atoms with Gasteiger partial charge in [-0.15, -0.1) is 0 Å². The molecule has 2 rings (SSSR count). The van der Waals surface area contributed by atoms with Crippen LogP contribution in [-0.4, -0.2) is 16.7 Å². The summed E-state index contributed by atoms with van der Waals surface area (Å²) in [6.07, 6.45) is 0. The molecule has 0 unspecified atom stereocenters. The first-order valence-electron chi connectivity index (χ1n) is 5.55. The van der Waals surface area contributed by atoms with E-state index in [1.165, 1.54) is 30.3 Å². The standard InChI is InChI=1S/C14H6F4O3/c15-8-7(13(20)11(18)10(17)9(8)16)14(21)12(19)6-4-2-1-3-5-6/h1-5,20H. The Morgan fingerprint density at radius 3 is 1.86 bits per heavy atom. The topological polar surface area (TPSA) is 54.4 Å². The Labute approximate surface area is 115 Å². The van der Waals surface area contributed by atoms with E-state index in [4.69, 9.17) is 0 Å². The predicted molar refractivity (Wildman–Crippen MR) is 63.0 cm³/mol. The minimum Gasteiger partial charge on any atom is -0.504 e. The number of halogens is 4. The van der Waals surface area contributed by atoms with Gasteiger partial charge in [-0.25, -0.2) is 13.2 Å². The maximum absolute atomic E-state index is 13.5. The molecule has 0 aliphatic heterocycles. The summed E-state index contributed by atoms with van der Waals surface area (Å²) in [4.78, 5) is 23.6. The summed E-state index contributed by atoms with van der Waals surface area (Å²) in [5.74, 6) is -13.5. The molecule has 0 amide bonds. The van der Waals surface area contributed by atoms with Crippen molar-refractivity contribution in [2.45, 2.75) is 0 Å². The van der Waals surface area contributed by atoms with Crippen molar-refractivity contribution in [2.24, 2.45) is 0 Å². The molecule has 0 heterocycles. The highest BCUT2D eigenvalue weighted by atomic mass is 19.2. The van der Waals surface area contributed by atoms with Gasteiger partial charge in [0.1, 0.15) is 5.56 Å². The van der Waals surface area contributed by atoms with Crippen molar-refractivity contribution in [1.82, 2.24) is 0 Å². The zero-order valence-corrected chi connectivity index (χ0v) is 10.2. The lowest BCUT2D eigenvalue weighted by Gasteiger charge is -2.07. The number of ketones is 2. The number of hydrogen-bond acceptors (Lipinski definition) is 3. The average molecular weight is 298 g/mol. The fourth-order valence-corrected chi connectivity index (χ4v) is 1.66. The third-order valence-corrected chi connectivity index (χ3v) is 2.71. The summed E-state index contributed by atoms with van der Waals surface area (Å²) >= 11 is 0. The van der Waals surface area contributed by atoms with Crippen LogP contribution >= 0.6 is 0 Å². The first kappa shape index (κ1) is 14.7. The van der Waals surface area contributed by atoms with Gasteiger partial charge in [-0.1, -0.05) is 30.3 Å². The quantitative estimate of drug-likeness (QED) is 0.311. The van der Waals surface area contributed by atoms with Gasteiger partial charge in [-0.05, 0) is 0 Å². The SMILES string of the molecule is O=C(C(=O)c1c(O)c(F)c(F)c(F)c1F)c1ccccc1. The van der Waals surface area contributed by atoms with Crippen molar-refractivity contribution in [3.05, 3.63) is 64.7 Å². The van der Waals surface area contributed by atoms with Crippen LogP contribution in [0.2, 0.25) is 0 Å². The number of benzene rings is 2. The van der Waals surface area contributed by atoms with Crippen molar-refractivity contribution in [1.29, 1.82) is 0 Å². The van der Waals surface area contributed by atoms with Crippen LogP contribution in [0.25, 0.3) is 0 Å². The second-order valence-electron chi connectivity index (χ2n) is 4.00. The molecule has 2 aromatic carbocycles. The Morgan fingerprint density at radius 1 is 0.762 bits per heavy atom. The highest BCUT2D eigenvalue weighted by molar-refractivity contribution is 6.49. The number of carbonyl (C=O) groups is 2. The number of phenolic OH excluding ortho intramolecular Hbond substituents is 1. The Kier molecular flexibility index (Phi) is 3.75. The Morgan fingerprint density at radius 2 is 1.29 bits per heavy atom. The molecule has 0 radical (unpaired) electrons. The molecule has 1 N–H and O–H groups in total. The lowest BCUT2D eigenvalue weighted by molar-refractivity contribution is 0.0811. The number of phenols is 1. The van der Waals surface area contributed by atoms with Gasteiger partial charge in [0.2, 0.25) is 23.2 Å². The lowest BCUT2D eigenvalue weighted by Crippen LogP contribution is -2.18. The van der Waals surface area contributed by atoms with E-state index in [2.05, 4.69) is 0 Å². The van der Waals surface area contributed by atoms with Crippen LogP contribution in [-0.2, 0) is 0 Å². The minimum atomic E-state index is -2.28. The zero-order chi connectivity index (χ0) is 15.7. The molecule has 3 nitrogen and oxygen atoms in total. The molecule has 0 fully saturated rings. The van der Waals surface area contributed by atoms with E-state index in [-0.39, 0.29) is 5.56 Å². The minimum absolute atomic E-state index is 0.175. The Bertz CT molecular complexity index is 713. The molecule has 0 aromatic heterocycles. The van der Waals surface area contributed by atoms with Gasteiger partial charge in [0.25, 0.3) is 0 Å². The summed E-state index contributed by atoms with van der Waals surface area (Å²) in [6.45, 7) is 0. The van der Waals surface area contributed by atoms with E-state index < -0.39 is 46.1 Å². The van der Waals surface area contributed by atoms with Crippen LogP contribution in [0.5, 0.6) is 5.75 Å². The molecule has 0 aliphatic rings. The summed E-state index contributed by atoms with van der Waals surface area (Å²) in [7, 11) is 0. The summed E-state index contributed by atoms with van der Waals surface area (Å²) < 4.78 is 52.6. The highest BCUT2D eigenvalue weighted by Gasteiger charge is 2.32. The lowest BCUT2D eigenvalue weighted by atomic mass is 10.00. The van der Waals surface area contributed by atoms with Gasteiger partial charge in [0.05, 0.1) is 0 Å². The molecule has 0 atom stereocenters. The largest absolute Gasteiger partial charge is 0.504 e. The molecule has 2 aromatic rings. The molecule has 7 heteroatoms. The van der Waals surface area contributed by atoms with E-state index in [9.17, 15) is 32.3 Å². The van der Waals surface area contributed by atoms with Gasteiger partial charge in [-0.2, -0.15) is 4.39 Å². The molecule has 0 spiro atoms. The second-order valence-corrected chi connectivity index (χ2v) is 4.00. The highest BCUT2D eigenvalue weighted by Crippen LogP contribution is 2.30. The summed E-state index contributed by atoms with van der Waals surface area (Å²) in [5, 5.41) is 9.26. The number of hydrogen-bond donors (Lipinski definition) is 1. The van der Waals surface area contributed by atoms with E-state index in [0.29, 0.717) is 0 Å². The van der Waals surface area contributed by atoms with Crippen LogP contribution < -0.4 is 0 Å². The van der Waals surface area contributed by atoms with Crippen molar-refractivity contribution in [3.8, 4) is 5.75 Å². The van der Waals surface area contributed by atoms with E-state index >= 15 is 0 Å². The normalized spacial score (nSPS) is 10.5. The Hall–Kier alpha value is -2.70. The van der Waals surface area contributed by atoms with Crippen molar-refractivity contribution >= 4 is 11.6 Å². The van der Waals surface area contributed by atoms with Crippen LogP contribution in [0.3, 0.4) is 0 Å². The maximum atomic E-state index is 13.5. The van der Waals surface area contributed by atoms with Crippen molar-refractivity contribution in [2.75, 3.05) is 0 Å². The third-order valence-electron chi connectivity index (χ3n) is 2.71. The number of aromatic hydroxyl groups is 1. The van der Waals surface area contributed by atoms with Gasteiger partial charge < -0.3 is 5.11 Å². The molecular weight excluding hydrogens is 292 g/mol. The monoisotopic (exact) mass is 298 g/mol. The van der Waals surface area contributed by atoms with Crippen LogP contribution in [0.4, 0.5) is 17.6 Å². The fraction of sp³-hybridized carbons (Fsp3) is 0. The number of rotatable bonds is 3. The first-order chi connectivity index (χ1) is 9.86. The molecule has 108 valence electrons. The van der Waals surface area contributed by atoms with E-state index in [0.717, 1.165) is 0 Å². The van der Waals surface area contributed by atoms with Crippen molar-refractivity contribution in [3.63, 3.8) is 0 Å². The fourth-order valence-electron chi connectivity index (χ4n) is 1.66. The van der Waals surface area contributed by atoms with E-state index in [1.54, 1.807) is 0 Å². The van der Waals surface area contributed by atoms with Gasteiger partial charge in [0, 0.05) is 5.56 Å². The molecule has 0 bridgehead atoms. The van der Waals surface area contributed by atoms with Crippen LogP contribution in [0, 0.1) is 23.3 Å². The van der Waals surface area contributed by atoms with Crippen LogP contribution in [0.15, 0.2) is 30.3 Å². The molecule has 0 aliphatic carbocycles. The predicted octanol–water partition coefficient (Wildman–Crippen LogP) is 3.01. The van der Waals surface area contributed by atoms with Crippen LogP contribution in [0.1, 0.15) is 20.7 Å². The smallest absolute Gasteiger partial charge is 0.240 e. The summed E-state index contributed by atoms with van der Waals surface area (Å²) in [5.41, 5.74) is -1.72. The molecule has 0 saturated carbocycles. The van der Waals surface area contributed by atoms with Gasteiger partial charge in [0.15, 0.2) is 17.4 Å².